The second-order valence-electron chi connectivity index (χ2n) is 2.59. The molecule has 1 aromatic rings. The highest BCUT2D eigenvalue weighted by Crippen LogP contribution is 2.17. The van der Waals surface area contributed by atoms with Gasteiger partial charge in [-0.3, -0.25) is 10.1 Å². The molecule has 0 unspecified atom stereocenters. The standard InChI is InChI=1S/C9H8N2O2/c1-6-2-3-7(8(12)4-6)9(13)11-5-10/h2-4,12H,1H3,(H,11,13). The number of phenols is 1. The number of phenolic OH excluding ortho intramolecular Hbond substituents is 1. The topological polar surface area (TPSA) is 73.1 Å². The Morgan fingerprint density at radius 1 is 1.62 bits per heavy atom. The first-order chi connectivity index (χ1) is 6.15. The predicted octanol–water partition coefficient (Wildman–Crippen LogP) is 0.911. The summed E-state index contributed by atoms with van der Waals surface area (Å²) in [6.07, 6.45) is 1.50. The molecular formula is C9H8N2O2. The van der Waals surface area contributed by atoms with Crippen LogP contribution in [0.25, 0.3) is 0 Å². The molecule has 4 heteroatoms. The summed E-state index contributed by atoms with van der Waals surface area (Å²) in [4.78, 5) is 11.1. The van der Waals surface area contributed by atoms with Crippen LogP contribution in [0.2, 0.25) is 0 Å². The van der Waals surface area contributed by atoms with E-state index in [2.05, 4.69) is 0 Å². The molecule has 4 nitrogen and oxygen atoms in total. The Labute approximate surface area is 75.4 Å². The van der Waals surface area contributed by atoms with Crippen LogP contribution in [0, 0.1) is 18.4 Å². The molecule has 2 N–H and O–H groups in total. The average Bonchev–Trinajstić information content (AvgIpc) is 2.04. The minimum Gasteiger partial charge on any atom is -0.507 e. The SMILES string of the molecule is Cc1ccc(C(=O)NC#N)c(O)c1. The molecule has 0 saturated carbocycles. The molecule has 0 bridgehead atoms. The highest BCUT2D eigenvalue weighted by Gasteiger charge is 2.09. The maximum Gasteiger partial charge on any atom is 0.268 e. The molecule has 1 aromatic carbocycles. The summed E-state index contributed by atoms with van der Waals surface area (Å²) >= 11 is 0. The van der Waals surface area contributed by atoms with Crippen molar-refractivity contribution in [2.24, 2.45) is 0 Å². The summed E-state index contributed by atoms with van der Waals surface area (Å²) in [6.45, 7) is 1.80. The van der Waals surface area contributed by atoms with E-state index in [1.807, 2.05) is 5.32 Å². The predicted molar refractivity (Wildman–Crippen MR) is 45.9 cm³/mol. The zero-order valence-electron chi connectivity index (χ0n) is 7.03. The minimum absolute atomic E-state index is 0.104. The summed E-state index contributed by atoms with van der Waals surface area (Å²) in [7, 11) is 0. The number of hydrogen-bond acceptors (Lipinski definition) is 3. The number of benzene rings is 1. The van der Waals surface area contributed by atoms with E-state index >= 15 is 0 Å². The lowest BCUT2D eigenvalue weighted by molar-refractivity contribution is 0.0970. The Morgan fingerprint density at radius 2 is 2.31 bits per heavy atom. The van der Waals surface area contributed by atoms with Crippen molar-refractivity contribution in [2.75, 3.05) is 0 Å². The van der Waals surface area contributed by atoms with Crippen molar-refractivity contribution >= 4 is 5.91 Å². The van der Waals surface area contributed by atoms with Gasteiger partial charge in [0.25, 0.3) is 5.91 Å². The first-order valence-electron chi connectivity index (χ1n) is 3.64. The van der Waals surface area contributed by atoms with Crippen LogP contribution in [-0.2, 0) is 0 Å². The van der Waals surface area contributed by atoms with Crippen molar-refractivity contribution in [3.8, 4) is 11.9 Å². The Morgan fingerprint density at radius 3 is 2.85 bits per heavy atom. The van der Waals surface area contributed by atoms with Gasteiger partial charge in [-0.1, -0.05) is 6.07 Å². The Balaban J connectivity index is 3.03. The monoisotopic (exact) mass is 176 g/mol. The highest BCUT2D eigenvalue weighted by molar-refractivity contribution is 5.97. The van der Waals surface area contributed by atoms with Crippen LogP contribution in [0.4, 0.5) is 0 Å². The third kappa shape index (κ3) is 1.97. The molecule has 0 aliphatic heterocycles. The number of nitrogens with one attached hydrogen (secondary N) is 1. The number of aromatic hydroxyl groups is 1. The maximum atomic E-state index is 11.1. The molecule has 0 spiro atoms. The van der Waals surface area contributed by atoms with Gasteiger partial charge in [-0.05, 0) is 24.6 Å². The summed E-state index contributed by atoms with van der Waals surface area (Å²) in [5.74, 6) is -0.715. The highest BCUT2D eigenvalue weighted by atomic mass is 16.3. The van der Waals surface area contributed by atoms with Gasteiger partial charge in [0.15, 0.2) is 6.19 Å². The van der Waals surface area contributed by atoms with Gasteiger partial charge in [-0.25, -0.2) is 0 Å². The summed E-state index contributed by atoms with van der Waals surface area (Å²) in [5, 5.41) is 19.4. The van der Waals surface area contributed by atoms with E-state index in [1.165, 1.54) is 18.3 Å². The number of nitriles is 1. The van der Waals surface area contributed by atoms with Gasteiger partial charge in [0.1, 0.15) is 5.75 Å². The van der Waals surface area contributed by atoms with Gasteiger partial charge in [0.05, 0.1) is 5.56 Å². The Hall–Kier alpha value is -2.02. The number of rotatable bonds is 1. The van der Waals surface area contributed by atoms with Crippen LogP contribution < -0.4 is 5.32 Å². The molecule has 1 rings (SSSR count). The van der Waals surface area contributed by atoms with Gasteiger partial charge in [0.2, 0.25) is 0 Å². The molecule has 0 aromatic heterocycles. The fraction of sp³-hybridized carbons (Fsp3) is 0.111. The number of amides is 1. The van der Waals surface area contributed by atoms with E-state index in [0.29, 0.717) is 0 Å². The van der Waals surface area contributed by atoms with E-state index in [1.54, 1.807) is 13.0 Å². The summed E-state index contributed by atoms with van der Waals surface area (Å²) in [5.41, 5.74) is 0.957. The number of hydrogen-bond donors (Lipinski definition) is 2. The molecule has 0 fully saturated rings. The molecule has 0 aliphatic carbocycles. The van der Waals surface area contributed by atoms with Crippen LogP contribution in [0.5, 0.6) is 5.75 Å². The Bertz CT molecular complexity index is 380. The van der Waals surface area contributed by atoms with Crippen molar-refractivity contribution in [3.05, 3.63) is 29.3 Å². The lowest BCUT2D eigenvalue weighted by Gasteiger charge is -2.01. The van der Waals surface area contributed by atoms with Gasteiger partial charge >= 0.3 is 0 Å². The maximum absolute atomic E-state index is 11.1. The van der Waals surface area contributed by atoms with Gasteiger partial charge < -0.3 is 5.11 Å². The van der Waals surface area contributed by atoms with Crippen LogP contribution >= 0.6 is 0 Å². The van der Waals surface area contributed by atoms with Crippen molar-refractivity contribution in [3.63, 3.8) is 0 Å². The van der Waals surface area contributed by atoms with Crippen molar-refractivity contribution in [2.45, 2.75) is 6.92 Å². The molecule has 0 radical (unpaired) electrons. The molecule has 0 aliphatic rings. The average molecular weight is 176 g/mol. The lowest BCUT2D eigenvalue weighted by atomic mass is 10.1. The van der Waals surface area contributed by atoms with Crippen LogP contribution in [0.15, 0.2) is 18.2 Å². The molecule has 13 heavy (non-hydrogen) atoms. The first-order valence-corrected chi connectivity index (χ1v) is 3.64. The second-order valence-corrected chi connectivity index (χ2v) is 2.59. The van der Waals surface area contributed by atoms with Gasteiger partial charge in [0, 0.05) is 0 Å². The number of carbonyl (C=O) groups is 1. The third-order valence-electron chi connectivity index (χ3n) is 1.57. The van der Waals surface area contributed by atoms with Gasteiger partial charge in [-0.2, -0.15) is 5.26 Å². The largest absolute Gasteiger partial charge is 0.507 e. The van der Waals surface area contributed by atoms with E-state index in [4.69, 9.17) is 5.26 Å². The second kappa shape index (κ2) is 3.59. The quantitative estimate of drug-likeness (QED) is 0.493. The molecule has 0 heterocycles. The fourth-order valence-electron chi connectivity index (χ4n) is 0.952. The molecule has 0 atom stereocenters. The third-order valence-corrected chi connectivity index (χ3v) is 1.57. The lowest BCUT2D eigenvalue weighted by Crippen LogP contribution is -2.17. The molecule has 1 amide bonds. The fourth-order valence-corrected chi connectivity index (χ4v) is 0.952. The van der Waals surface area contributed by atoms with E-state index in [9.17, 15) is 9.90 Å². The molecule has 0 saturated heterocycles. The Kier molecular flexibility index (Phi) is 2.50. The summed E-state index contributed by atoms with van der Waals surface area (Å²) < 4.78 is 0. The van der Waals surface area contributed by atoms with E-state index in [-0.39, 0.29) is 11.3 Å². The van der Waals surface area contributed by atoms with E-state index < -0.39 is 5.91 Å². The van der Waals surface area contributed by atoms with Crippen molar-refractivity contribution < 1.29 is 9.90 Å². The van der Waals surface area contributed by atoms with Crippen LogP contribution in [0.3, 0.4) is 0 Å². The number of carbonyl (C=O) groups excluding carboxylic acids is 1. The van der Waals surface area contributed by atoms with E-state index in [0.717, 1.165) is 5.56 Å². The number of nitrogens with zero attached hydrogens (tertiary/aromatic N) is 1. The van der Waals surface area contributed by atoms with Crippen molar-refractivity contribution in [1.29, 1.82) is 5.26 Å². The number of aryl methyl sites for hydroxylation is 1. The molecular weight excluding hydrogens is 168 g/mol. The summed E-state index contributed by atoms with van der Waals surface area (Å²) in [6, 6.07) is 4.62. The van der Waals surface area contributed by atoms with Gasteiger partial charge in [-0.15, -0.1) is 0 Å². The normalized spacial score (nSPS) is 8.92. The van der Waals surface area contributed by atoms with Crippen LogP contribution in [-0.4, -0.2) is 11.0 Å². The van der Waals surface area contributed by atoms with Crippen molar-refractivity contribution in [1.82, 2.24) is 5.32 Å². The zero-order valence-corrected chi connectivity index (χ0v) is 7.03. The smallest absolute Gasteiger partial charge is 0.268 e. The van der Waals surface area contributed by atoms with Crippen LogP contribution in [0.1, 0.15) is 15.9 Å². The molecule has 66 valence electrons. The minimum atomic E-state index is -0.597. The first kappa shape index (κ1) is 9.07. The zero-order chi connectivity index (χ0) is 9.84.